The number of carbonyl (C=O) groups excluding carboxylic acids is 1. The number of ether oxygens (including phenoxy) is 3. The van der Waals surface area contributed by atoms with Gasteiger partial charge < -0.3 is 19.5 Å². The van der Waals surface area contributed by atoms with Crippen LogP contribution in [0.15, 0.2) is 42.5 Å². The molecule has 2 aromatic rings. The van der Waals surface area contributed by atoms with Gasteiger partial charge in [-0.05, 0) is 62.2 Å². The maximum Gasteiger partial charge on any atom is 0.251 e. The molecule has 0 aromatic heterocycles. The van der Waals surface area contributed by atoms with Gasteiger partial charge in [-0.15, -0.1) is 0 Å². The summed E-state index contributed by atoms with van der Waals surface area (Å²) in [6.07, 6.45) is 0.821. The molecule has 5 nitrogen and oxygen atoms in total. The fourth-order valence-corrected chi connectivity index (χ4v) is 2.42. The van der Waals surface area contributed by atoms with Gasteiger partial charge in [0.25, 0.3) is 5.91 Å². The van der Waals surface area contributed by atoms with E-state index in [0.717, 1.165) is 11.3 Å². The van der Waals surface area contributed by atoms with Crippen LogP contribution in [-0.4, -0.2) is 32.8 Å². The van der Waals surface area contributed by atoms with Gasteiger partial charge in [-0.25, -0.2) is 0 Å². The highest BCUT2D eigenvalue weighted by molar-refractivity contribution is 5.94. The van der Waals surface area contributed by atoms with Crippen LogP contribution in [0.25, 0.3) is 0 Å². The van der Waals surface area contributed by atoms with E-state index < -0.39 is 0 Å². The molecular formula is C20H25NO4. The predicted octanol–water partition coefficient (Wildman–Crippen LogP) is 3.46. The van der Waals surface area contributed by atoms with Crippen molar-refractivity contribution in [2.75, 3.05) is 20.8 Å². The molecule has 0 saturated heterocycles. The fraction of sp³-hybridized carbons (Fsp3) is 0.350. The third-order valence-corrected chi connectivity index (χ3v) is 3.64. The first-order valence-electron chi connectivity index (χ1n) is 8.29. The second-order valence-electron chi connectivity index (χ2n) is 5.89. The van der Waals surface area contributed by atoms with E-state index in [0.29, 0.717) is 30.0 Å². The van der Waals surface area contributed by atoms with Gasteiger partial charge in [0.2, 0.25) is 0 Å². The van der Waals surface area contributed by atoms with E-state index >= 15 is 0 Å². The van der Waals surface area contributed by atoms with Crippen LogP contribution in [0.4, 0.5) is 0 Å². The van der Waals surface area contributed by atoms with Crippen LogP contribution in [-0.2, 0) is 6.42 Å². The second-order valence-corrected chi connectivity index (χ2v) is 5.89. The van der Waals surface area contributed by atoms with Gasteiger partial charge in [0, 0.05) is 12.1 Å². The average molecular weight is 343 g/mol. The molecule has 0 aliphatic carbocycles. The highest BCUT2D eigenvalue weighted by atomic mass is 16.5. The summed E-state index contributed by atoms with van der Waals surface area (Å²) >= 11 is 0. The number of nitrogens with one attached hydrogen (secondary N) is 1. The molecule has 134 valence electrons. The van der Waals surface area contributed by atoms with Crippen molar-refractivity contribution in [3.8, 4) is 17.2 Å². The summed E-state index contributed by atoms with van der Waals surface area (Å²) < 4.78 is 16.1. The van der Waals surface area contributed by atoms with E-state index in [9.17, 15) is 4.79 Å². The van der Waals surface area contributed by atoms with Crippen LogP contribution >= 0.6 is 0 Å². The molecule has 25 heavy (non-hydrogen) atoms. The Balaban J connectivity index is 1.88. The molecule has 0 aliphatic rings. The topological polar surface area (TPSA) is 56.8 Å². The maximum absolute atomic E-state index is 12.2. The van der Waals surface area contributed by atoms with E-state index in [1.807, 2.05) is 44.2 Å². The SMILES string of the molecule is COc1ccc(CCNC(=O)c2ccc(OC(C)C)cc2)cc1OC. The van der Waals surface area contributed by atoms with Gasteiger partial charge in [0.1, 0.15) is 5.75 Å². The third kappa shape index (κ3) is 5.41. The number of benzene rings is 2. The zero-order valence-corrected chi connectivity index (χ0v) is 15.2. The van der Waals surface area contributed by atoms with Gasteiger partial charge in [0.15, 0.2) is 11.5 Å². The molecule has 0 heterocycles. The minimum atomic E-state index is -0.100. The van der Waals surface area contributed by atoms with E-state index in [1.165, 1.54) is 0 Å². The lowest BCUT2D eigenvalue weighted by molar-refractivity contribution is 0.0954. The van der Waals surface area contributed by atoms with E-state index in [4.69, 9.17) is 14.2 Å². The summed E-state index contributed by atoms with van der Waals surface area (Å²) in [5, 5.41) is 2.92. The van der Waals surface area contributed by atoms with Gasteiger partial charge >= 0.3 is 0 Å². The molecule has 0 atom stereocenters. The molecule has 0 unspecified atom stereocenters. The minimum absolute atomic E-state index is 0.100. The zero-order valence-electron chi connectivity index (χ0n) is 15.2. The number of hydrogen-bond acceptors (Lipinski definition) is 4. The molecule has 2 aromatic carbocycles. The van der Waals surface area contributed by atoms with E-state index in [1.54, 1.807) is 26.4 Å². The Morgan fingerprint density at radius 3 is 2.28 bits per heavy atom. The summed E-state index contributed by atoms with van der Waals surface area (Å²) in [6, 6.07) is 12.9. The van der Waals surface area contributed by atoms with Crippen molar-refractivity contribution in [2.24, 2.45) is 0 Å². The van der Waals surface area contributed by atoms with Crippen LogP contribution in [0.2, 0.25) is 0 Å². The van der Waals surface area contributed by atoms with Crippen molar-refractivity contribution in [1.82, 2.24) is 5.32 Å². The highest BCUT2D eigenvalue weighted by Gasteiger charge is 2.07. The summed E-state index contributed by atoms with van der Waals surface area (Å²) in [5.41, 5.74) is 1.68. The summed E-state index contributed by atoms with van der Waals surface area (Å²) in [4.78, 5) is 12.2. The number of amides is 1. The van der Waals surface area contributed by atoms with Crippen LogP contribution in [0.1, 0.15) is 29.8 Å². The van der Waals surface area contributed by atoms with Crippen LogP contribution in [0, 0.1) is 0 Å². The lowest BCUT2D eigenvalue weighted by Gasteiger charge is -2.11. The summed E-state index contributed by atoms with van der Waals surface area (Å²) in [7, 11) is 3.21. The van der Waals surface area contributed by atoms with Crippen LogP contribution in [0.5, 0.6) is 17.2 Å². The highest BCUT2D eigenvalue weighted by Crippen LogP contribution is 2.27. The number of carbonyl (C=O) groups is 1. The molecule has 0 bridgehead atoms. The predicted molar refractivity (Wildman–Crippen MR) is 97.8 cm³/mol. The Morgan fingerprint density at radius 2 is 1.68 bits per heavy atom. The Hall–Kier alpha value is -2.69. The second kappa shape index (κ2) is 8.97. The van der Waals surface area contributed by atoms with Crippen molar-refractivity contribution in [3.63, 3.8) is 0 Å². The van der Waals surface area contributed by atoms with Crippen molar-refractivity contribution in [1.29, 1.82) is 0 Å². The number of hydrogen-bond donors (Lipinski definition) is 1. The average Bonchev–Trinajstić information content (AvgIpc) is 2.61. The molecule has 5 heteroatoms. The zero-order chi connectivity index (χ0) is 18.2. The molecule has 0 spiro atoms. The first-order valence-corrected chi connectivity index (χ1v) is 8.29. The van der Waals surface area contributed by atoms with Crippen molar-refractivity contribution in [3.05, 3.63) is 53.6 Å². The summed E-state index contributed by atoms with van der Waals surface area (Å²) in [6.45, 7) is 4.47. The van der Waals surface area contributed by atoms with Gasteiger partial charge in [-0.2, -0.15) is 0 Å². The Morgan fingerprint density at radius 1 is 1.00 bits per heavy atom. The van der Waals surface area contributed by atoms with Crippen LogP contribution < -0.4 is 19.5 Å². The Labute approximate surface area is 148 Å². The Kier molecular flexibility index (Phi) is 6.69. The first kappa shape index (κ1) is 18.6. The lowest BCUT2D eigenvalue weighted by atomic mass is 10.1. The molecule has 0 aliphatic heterocycles. The standard InChI is InChI=1S/C20H25NO4/c1-14(2)25-17-8-6-16(7-9-17)20(22)21-12-11-15-5-10-18(23-3)19(13-15)24-4/h5-10,13-14H,11-12H2,1-4H3,(H,21,22). The fourth-order valence-electron chi connectivity index (χ4n) is 2.42. The molecule has 1 amide bonds. The van der Waals surface area contributed by atoms with Gasteiger partial charge in [-0.1, -0.05) is 6.07 Å². The number of rotatable bonds is 8. The normalized spacial score (nSPS) is 10.4. The third-order valence-electron chi connectivity index (χ3n) is 3.64. The minimum Gasteiger partial charge on any atom is -0.493 e. The van der Waals surface area contributed by atoms with Crippen molar-refractivity contribution in [2.45, 2.75) is 26.4 Å². The van der Waals surface area contributed by atoms with Crippen molar-refractivity contribution >= 4 is 5.91 Å². The molecule has 0 fully saturated rings. The van der Waals surface area contributed by atoms with Gasteiger partial charge in [0.05, 0.1) is 20.3 Å². The number of methoxy groups -OCH3 is 2. The maximum atomic E-state index is 12.2. The monoisotopic (exact) mass is 343 g/mol. The molecule has 0 saturated carbocycles. The molecular weight excluding hydrogens is 318 g/mol. The first-order chi connectivity index (χ1) is 12.0. The largest absolute Gasteiger partial charge is 0.493 e. The Bertz CT molecular complexity index is 695. The molecule has 0 radical (unpaired) electrons. The van der Waals surface area contributed by atoms with Crippen LogP contribution in [0.3, 0.4) is 0 Å². The quantitative estimate of drug-likeness (QED) is 0.797. The molecule has 2 rings (SSSR count). The summed E-state index contributed by atoms with van der Waals surface area (Å²) in [5.74, 6) is 2.04. The van der Waals surface area contributed by atoms with Gasteiger partial charge in [-0.3, -0.25) is 4.79 Å². The smallest absolute Gasteiger partial charge is 0.251 e. The molecule has 1 N–H and O–H groups in total. The van der Waals surface area contributed by atoms with E-state index in [-0.39, 0.29) is 12.0 Å². The van der Waals surface area contributed by atoms with E-state index in [2.05, 4.69) is 5.32 Å². The van der Waals surface area contributed by atoms with Crippen molar-refractivity contribution < 1.29 is 19.0 Å². The lowest BCUT2D eigenvalue weighted by Crippen LogP contribution is -2.25.